The van der Waals surface area contributed by atoms with Crippen molar-refractivity contribution in [1.82, 2.24) is 0 Å². The molecule has 0 aromatic carbocycles. The summed E-state index contributed by atoms with van der Waals surface area (Å²) in [6.07, 6.45) is -6.76. The number of carboxylic acids is 1. The van der Waals surface area contributed by atoms with Crippen molar-refractivity contribution in [1.29, 1.82) is 0 Å². The van der Waals surface area contributed by atoms with Gasteiger partial charge in [0.25, 0.3) is 0 Å². The summed E-state index contributed by atoms with van der Waals surface area (Å²) in [7, 11) is 0. The standard InChI is InChI=1S/C10H18O8/c11-5(1-2-7(13)14)3-10(17)9(16)8(15)6(12)4-18-10/h5-6,8-9,11-12,15-17H,1-4H2,(H,13,14)/t5?,6-,8+,9-,10-/m1/s1. The lowest BCUT2D eigenvalue weighted by atomic mass is 9.91. The molecule has 1 aliphatic heterocycles. The molecule has 1 saturated heterocycles. The summed E-state index contributed by atoms with van der Waals surface area (Å²) in [5, 5.41) is 56.1. The fraction of sp³-hybridized carbons (Fsp3) is 0.900. The van der Waals surface area contributed by atoms with E-state index in [1.165, 1.54) is 0 Å². The number of carboxylic acid groups (broad SMARTS) is 1. The van der Waals surface area contributed by atoms with Gasteiger partial charge in [0, 0.05) is 12.8 Å². The monoisotopic (exact) mass is 266 g/mol. The van der Waals surface area contributed by atoms with Crippen LogP contribution in [0.3, 0.4) is 0 Å². The number of carbonyl (C=O) groups is 1. The molecule has 8 nitrogen and oxygen atoms in total. The quantitative estimate of drug-likeness (QED) is 0.317. The van der Waals surface area contributed by atoms with Gasteiger partial charge in [-0.15, -0.1) is 0 Å². The number of aliphatic carboxylic acids is 1. The third-order valence-corrected chi connectivity index (χ3v) is 2.90. The van der Waals surface area contributed by atoms with Crippen LogP contribution in [0.4, 0.5) is 0 Å². The molecule has 1 fully saturated rings. The molecule has 18 heavy (non-hydrogen) atoms. The van der Waals surface area contributed by atoms with E-state index in [0.29, 0.717) is 0 Å². The van der Waals surface area contributed by atoms with Crippen molar-refractivity contribution < 1.29 is 40.2 Å². The Kier molecular flexibility index (Phi) is 5.02. The van der Waals surface area contributed by atoms with Crippen LogP contribution in [-0.2, 0) is 9.53 Å². The van der Waals surface area contributed by atoms with Gasteiger partial charge in [-0.3, -0.25) is 4.79 Å². The molecule has 1 heterocycles. The lowest BCUT2D eigenvalue weighted by Crippen LogP contribution is -2.61. The van der Waals surface area contributed by atoms with Crippen molar-refractivity contribution in [2.45, 2.75) is 49.5 Å². The predicted molar refractivity (Wildman–Crippen MR) is 56.4 cm³/mol. The molecule has 0 aromatic heterocycles. The first-order chi connectivity index (χ1) is 8.26. The van der Waals surface area contributed by atoms with E-state index in [9.17, 15) is 30.3 Å². The van der Waals surface area contributed by atoms with E-state index < -0.39 is 42.6 Å². The zero-order valence-corrected chi connectivity index (χ0v) is 9.64. The van der Waals surface area contributed by atoms with Crippen LogP contribution in [0.2, 0.25) is 0 Å². The molecule has 1 rings (SSSR count). The lowest BCUT2D eigenvalue weighted by Gasteiger charge is -2.42. The van der Waals surface area contributed by atoms with E-state index in [1.807, 2.05) is 0 Å². The molecule has 0 aromatic rings. The van der Waals surface area contributed by atoms with Crippen LogP contribution in [0, 0.1) is 0 Å². The molecule has 0 bridgehead atoms. The van der Waals surface area contributed by atoms with Gasteiger partial charge >= 0.3 is 5.97 Å². The Labute approximate surface area is 103 Å². The average molecular weight is 266 g/mol. The molecule has 0 radical (unpaired) electrons. The van der Waals surface area contributed by atoms with Gasteiger partial charge in [0.05, 0.1) is 12.7 Å². The van der Waals surface area contributed by atoms with Crippen molar-refractivity contribution in [2.24, 2.45) is 0 Å². The summed E-state index contributed by atoms with van der Waals surface area (Å²) in [6.45, 7) is -0.389. The minimum Gasteiger partial charge on any atom is -0.481 e. The summed E-state index contributed by atoms with van der Waals surface area (Å²) in [6, 6.07) is 0. The van der Waals surface area contributed by atoms with Crippen LogP contribution in [-0.4, -0.2) is 73.4 Å². The molecule has 6 N–H and O–H groups in total. The molecule has 106 valence electrons. The van der Waals surface area contributed by atoms with Crippen LogP contribution < -0.4 is 0 Å². The minimum atomic E-state index is -2.20. The largest absolute Gasteiger partial charge is 0.481 e. The van der Waals surface area contributed by atoms with Crippen LogP contribution in [0.5, 0.6) is 0 Å². The van der Waals surface area contributed by atoms with Gasteiger partial charge in [0.15, 0.2) is 5.79 Å². The summed E-state index contributed by atoms with van der Waals surface area (Å²) in [5.74, 6) is -3.29. The molecule has 0 spiro atoms. The highest BCUT2D eigenvalue weighted by Crippen LogP contribution is 2.29. The van der Waals surface area contributed by atoms with E-state index in [1.54, 1.807) is 0 Å². The Balaban J connectivity index is 2.55. The SMILES string of the molecule is O=C(O)CCC(O)C[C@@]1(O)OC[C@@H](O)[C@H](O)[C@H]1O. The Morgan fingerprint density at radius 3 is 2.56 bits per heavy atom. The zero-order chi connectivity index (χ0) is 13.9. The number of aliphatic hydroxyl groups is 5. The van der Waals surface area contributed by atoms with Gasteiger partial charge in [-0.05, 0) is 6.42 Å². The third-order valence-electron chi connectivity index (χ3n) is 2.90. The first-order valence-electron chi connectivity index (χ1n) is 5.56. The molecule has 0 aliphatic carbocycles. The third kappa shape index (κ3) is 3.61. The maximum Gasteiger partial charge on any atom is 0.303 e. The van der Waals surface area contributed by atoms with Crippen molar-refractivity contribution in [3.63, 3.8) is 0 Å². The summed E-state index contributed by atoms with van der Waals surface area (Å²) >= 11 is 0. The van der Waals surface area contributed by atoms with Gasteiger partial charge in [-0.1, -0.05) is 0 Å². The summed E-state index contributed by atoms with van der Waals surface area (Å²) < 4.78 is 4.83. The number of hydrogen-bond acceptors (Lipinski definition) is 7. The Morgan fingerprint density at radius 2 is 2.00 bits per heavy atom. The maximum absolute atomic E-state index is 10.3. The molecule has 5 atom stereocenters. The van der Waals surface area contributed by atoms with Crippen molar-refractivity contribution in [2.75, 3.05) is 6.61 Å². The Hall–Kier alpha value is -0.770. The van der Waals surface area contributed by atoms with Crippen molar-refractivity contribution in [3.8, 4) is 0 Å². The van der Waals surface area contributed by atoms with Gasteiger partial charge in [-0.2, -0.15) is 0 Å². The molecule has 0 amide bonds. The number of hydrogen-bond donors (Lipinski definition) is 6. The molecule has 8 heteroatoms. The fourth-order valence-corrected chi connectivity index (χ4v) is 1.80. The molecule has 1 aliphatic rings. The first kappa shape index (κ1) is 15.3. The van der Waals surface area contributed by atoms with Crippen molar-refractivity contribution >= 4 is 5.97 Å². The van der Waals surface area contributed by atoms with Gasteiger partial charge in [0.2, 0.25) is 0 Å². The highest BCUT2D eigenvalue weighted by Gasteiger charge is 2.49. The van der Waals surface area contributed by atoms with Crippen LogP contribution in [0.1, 0.15) is 19.3 Å². The predicted octanol–water partition coefficient (Wildman–Crippen LogP) is -2.60. The normalized spacial score (nSPS) is 38.4. The van der Waals surface area contributed by atoms with Gasteiger partial charge < -0.3 is 35.4 Å². The summed E-state index contributed by atoms with van der Waals surface area (Å²) in [5.41, 5.74) is 0. The van der Waals surface area contributed by atoms with E-state index in [2.05, 4.69) is 0 Å². The number of ether oxygens (including phenoxy) is 1. The lowest BCUT2D eigenvalue weighted by molar-refractivity contribution is -0.329. The second-order valence-electron chi connectivity index (χ2n) is 4.45. The smallest absolute Gasteiger partial charge is 0.303 e. The highest BCUT2D eigenvalue weighted by atomic mass is 16.6. The topological polar surface area (TPSA) is 148 Å². The Morgan fingerprint density at radius 1 is 1.39 bits per heavy atom. The molecular formula is C10H18O8. The van der Waals surface area contributed by atoms with Crippen LogP contribution in [0.25, 0.3) is 0 Å². The molecule has 0 saturated carbocycles. The van der Waals surface area contributed by atoms with E-state index in [4.69, 9.17) is 9.84 Å². The maximum atomic E-state index is 10.3. The zero-order valence-electron chi connectivity index (χ0n) is 9.64. The van der Waals surface area contributed by atoms with Crippen LogP contribution >= 0.6 is 0 Å². The van der Waals surface area contributed by atoms with E-state index in [0.717, 1.165) is 0 Å². The molecular weight excluding hydrogens is 248 g/mol. The van der Waals surface area contributed by atoms with E-state index >= 15 is 0 Å². The average Bonchev–Trinajstić information content (AvgIpc) is 2.29. The minimum absolute atomic E-state index is 0.119. The summed E-state index contributed by atoms with van der Waals surface area (Å²) in [4.78, 5) is 10.3. The van der Waals surface area contributed by atoms with Gasteiger partial charge in [0.1, 0.15) is 18.3 Å². The first-order valence-corrected chi connectivity index (χ1v) is 5.56. The van der Waals surface area contributed by atoms with E-state index in [-0.39, 0.29) is 19.4 Å². The number of aliphatic hydroxyl groups excluding tert-OH is 4. The highest BCUT2D eigenvalue weighted by molar-refractivity contribution is 5.66. The number of rotatable bonds is 5. The van der Waals surface area contributed by atoms with Crippen LogP contribution in [0.15, 0.2) is 0 Å². The second-order valence-corrected chi connectivity index (χ2v) is 4.45. The van der Waals surface area contributed by atoms with Gasteiger partial charge in [-0.25, -0.2) is 0 Å². The van der Waals surface area contributed by atoms with Crippen molar-refractivity contribution in [3.05, 3.63) is 0 Å². The molecule has 1 unspecified atom stereocenters. The fourth-order valence-electron chi connectivity index (χ4n) is 1.80. The Bertz CT molecular complexity index is 296. The second kappa shape index (κ2) is 5.91.